The second-order valence-corrected chi connectivity index (χ2v) is 7.09. The summed E-state index contributed by atoms with van der Waals surface area (Å²) in [6.07, 6.45) is 9.98. The molecular weight excluding hydrogens is 222 g/mol. The van der Waals surface area contributed by atoms with Gasteiger partial charge in [0.15, 0.2) is 0 Å². The van der Waals surface area contributed by atoms with E-state index in [-0.39, 0.29) is 11.5 Å². The third-order valence-electron chi connectivity index (χ3n) is 4.30. The van der Waals surface area contributed by atoms with Crippen LogP contribution >= 0.6 is 0 Å². The standard InChI is InChI=1S/C16H33NO/c1-13-10-8-6-5-7-9-11-14(13)18-15(12-17)16(2,3)4/h13-15H,5-12,17H2,1-4H3. The van der Waals surface area contributed by atoms with Gasteiger partial charge in [-0.3, -0.25) is 0 Å². The molecule has 1 fully saturated rings. The van der Waals surface area contributed by atoms with Crippen LogP contribution in [0.1, 0.15) is 72.6 Å². The highest BCUT2D eigenvalue weighted by atomic mass is 16.5. The van der Waals surface area contributed by atoms with Crippen LogP contribution < -0.4 is 5.73 Å². The van der Waals surface area contributed by atoms with Gasteiger partial charge in [-0.2, -0.15) is 0 Å². The van der Waals surface area contributed by atoms with Crippen LogP contribution in [0.2, 0.25) is 0 Å². The van der Waals surface area contributed by atoms with Gasteiger partial charge in [0.1, 0.15) is 0 Å². The molecule has 2 nitrogen and oxygen atoms in total. The molecule has 0 saturated heterocycles. The van der Waals surface area contributed by atoms with Crippen molar-refractivity contribution in [2.24, 2.45) is 17.1 Å². The molecule has 0 aromatic rings. The lowest BCUT2D eigenvalue weighted by molar-refractivity contribution is -0.0854. The molecule has 3 unspecified atom stereocenters. The summed E-state index contributed by atoms with van der Waals surface area (Å²) in [7, 11) is 0. The minimum absolute atomic E-state index is 0.146. The Morgan fingerprint density at radius 2 is 1.61 bits per heavy atom. The van der Waals surface area contributed by atoms with Gasteiger partial charge in [-0.15, -0.1) is 0 Å². The second-order valence-electron chi connectivity index (χ2n) is 7.09. The van der Waals surface area contributed by atoms with Gasteiger partial charge in [-0.05, 0) is 24.2 Å². The predicted octanol–water partition coefficient (Wildman–Crippen LogP) is 4.13. The van der Waals surface area contributed by atoms with Crippen molar-refractivity contribution in [1.29, 1.82) is 0 Å². The predicted molar refractivity (Wildman–Crippen MR) is 78.7 cm³/mol. The third kappa shape index (κ3) is 5.27. The fraction of sp³-hybridized carbons (Fsp3) is 1.00. The normalized spacial score (nSPS) is 29.2. The molecule has 0 aliphatic heterocycles. The molecule has 1 aliphatic rings. The van der Waals surface area contributed by atoms with Gasteiger partial charge in [0.2, 0.25) is 0 Å². The Bertz CT molecular complexity index is 222. The zero-order valence-corrected chi connectivity index (χ0v) is 12.9. The first-order chi connectivity index (χ1) is 8.45. The third-order valence-corrected chi connectivity index (χ3v) is 4.30. The van der Waals surface area contributed by atoms with Crippen molar-refractivity contribution < 1.29 is 4.74 Å². The van der Waals surface area contributed by atoms with Crippen molar-refractivity contribution in [2.45, 2.75) is 84.8 Å². The molecule has 0 radical (unpaired) electrons. The lowest BCUT2D eigenvalue weighted by Crippen LogP contribution is -2.40. The first kappa shape index (κ1) is 16.0. The molecule has 0 aromatic carbocycles. The van der Waals surface area contributed by atoms with E-state index >= 15 is 0 Å². The van der Waals surface area contributed by atoms with E-state index in [0.717, 1.165) is 0 Å². The Labute approximate surface area is 114 Å². The van der Waals surface area contributed by atoms with Crippen molar-refractivity contribution in [3.05, 3.63) is 0 Å². The molecule has 1 rings (SSSR count). The monoisotopic (exact) mass is 255 g/mol. The summed E-state index contributed by atoms with van der Waals surface area (Å²) in [5.41, 5.74) is 6.04. The van der Waals surface area contributed by atoms with Crippen LogP contribution in [0.4, 0.5) is 0 Å². The van der Waals surface area contributed by atoms with E-state index in [9.17, 15) is 0 Å². The van der Waals surface area contributed by atoms with Crippen LogP contribution in [0.3, 0.4) is 0 Å². The van der Waals surface area contributed by atoms with Gasteiger partial charge in [0.25, 0.3) is 0 Å². The van der Waals surface area contributed by atoms with Gasteiger partial charge in [-0.25, -0.2) is 0 Å². The first-order valence-corrected chi connectivity index (χ1v) is 7.80. The Morgan fingerprint density at radius 3 is 2.17 bits per heavy atom. The largest absolute Gasteiger partial charge is 0.373 e. The van der Waals surface area contributed by atoms with Crippen molar-refractivity contribution in [3.63, 3.8) is 0 Å². The van der Waals surface area contributed by atoms with Gasteiger partial charge in [0, 0.05) is 6.54 Å². The van der Waals surface area contributed by atoms with Crippen LogP contribution in [-0.2, 0) is 4.74 Å². The van der Waals surface area contributed by atoms with Gasteiger partial charge in [-0.1, -0.05) is 59.8 Å². The molecule has 108 valence electrons. The summed E-state index contributed by atoms with van der Waals surface area (Å²) in [5, 5.41) is 0. The number of rotatable bonds is 3. The summed E-state index contributed by atoms with van der Waals surface area (Å²) < 4.78 is 6.38. The molecule has 0 bridgehead atoms. The SMILES string of the molecule is CC1CCCCCCCC1OC(CN)C(C)(C)C. The van der Waals surface area contributed by atoms with Crippen LogP contribution in [-0.4, -0.2) is 18.8 Å². The van der Waals surface area contributed by atoms with Crippen LogP contribution in [0.15, 0.2) is 0 Å². The smallest absolute Gasteiger partial charge is 0.0749 e. The van der Waals surface area contributed by atoms with Crippen LogP contribution in [0, 0.1) is 11.3 Å². The fourth-order valence-corrected chi connectivity index (χ4v) is 2.84. The van der Waals surface area contributed by atoms with Crippen molar-refractivity contribution in [1.82, 2.24) is 0 Å². The zero-order valence-electron chi connectivity index (χ0n) is 12.9. The molecule has 0 heterocycles. The molecule has 1 aliphatic carbocycles. The molecule has 2 heteroatoms. The summed E-state index contributed by atoms with van der Waals surface area (Å²) in [6.45, 7) is 9.66. The van der Waals surface area contributed by atoms with E-state index in [1.165, 1.54) is 44.9 Å². The van der Waals surface area contributed by atoms with Gasteiger partial charge >= 0.3 is 0 Å². The van der Waals surface area contributed by atoms with Crippen LogP contribution in [0.5, 0.6) is 0 Å². The average Bonchev–Trinajstić information content (AvgIpc) is 2.38. The number of nitrogens with two attached hydrogens (primary N) is 1. The maximum atomic E-state index is 6.38. The van der Waals surface area contributed by atoms with E-state index < -0.39 is 0 Å². The summed E-state index contributed by atoms with van der Waals surface area (Å²) >= 11 is 0. The van der Waals surface area contributed by atoms with E-state index in [1.807, 2.05) is 0 Å². The molecule has 1 saturated carbocycles. The number of hydrogen-bond acceptors (Lipinski definition) is 2. The minimum Gasteiger partial charge on any atom is -0.373 e. The quantitative estimate of drug-likeness (QED) is 0.823. The first-order valence-electron chi connectivity index (χ1n) is 7.80. The molecule has 0 amide bonds. The number of ether oxygens (including phenoxy) is 1. The number of hydrogen-bond donors (Lipinski definition) is 1. The fourth-order valence-electron chi connectivity index (χ4n) is 2.84. The van der Waals surface area contributed by atoms with E-state index in [0.29, 0.717) is 18.6 Å². The summed E-state index contributed by atoms with van der Waals surface area (Å²) in [4.78, 5) is 0. The summed E-state index contributed by atoms with van der Waals surface area (Å²) in [6, 6.07) is 0. The van der Waals surface area contributed by atoms with E-state index in [1.54, 1.807) is 0 Å². The topological polar surface area (TPSA) is 35.2 Å². The zero-order chi connectivity index (χ0) is 13.6. The molecule has 3 atom stereocenters. The van der Waals surface area contributed by atoms with Crippen molar-refractivity contribution in [2.75, 3.05) is 6.54 Å². The van der Waals surface area contributed by atoms with Crippen molar-refractivity contribution >= 4 is 0 Å². The molecule has 0 aromatic heterocycles. The maximum absolute atomic E-state index is 6.38. The molecule has 0 spiro atoms. The summed E-state index contributed by atoms with van der Waals surface area (Å²) in [5.74, 6) is 0.680. The maximum Gasteiger partial charge on any atom is 0.0749 e. The van der Waals surface area contributed by atoms with Gasteiger partial charge in [0.05, 0.1) is 12.2 Å². The Kier molecular flexibility index (Phi) is 6.65. The molecular formula is C16H33NO. The Balaban J connectivity index is 2.59. The van der Waals surface area contributed by atoms with Crippen molar-refractivity contribution in [3.8, 4) is 0 Å². The highest BCUT2D eigenvalue weighted by Gasteiger charge is 2.29. The second kappa shape index (κ2) is 7.49. The lowest BCUT2D eigenvalue weighted by atomic mass is 9.88. The Morgan fingerprint density at radius 1 is 1.06 bits per heavy atom. The highest BCUT2D eigenvalue weighted by Crippen LogP contribution is 2.29. The average molecular weight is 255 g/mol. The lowest BCUT2D eigenvalue weighted by Gasteiger charge is -2.35. The Hall–Kier alpha value is -0.0800. The van der Waals surface area contributed by atoms with Crippen LogP contribution in [0.25, 0.3) is 0 Å². The van der Waals surface area contributed by atoms with E-state index in [2.05, 4.69) is 27.7 Å². The van der Waals surface area contributed by atoms with E-state index in [4.69, 9.17) is 10.5 Å². The van der Waals surface area contributed by atoms with Gasteiger partial charge < -0.3 is 10.5 Å². The molecule has 2 N–H and O–H groups in total. The highest BCUT2D eigenvalue weighted by molar-refractivity contribution is 4.79. The minimum atomic E-state index is 0.146. The molecule has 18 heavy (non-hydrogen) atoms.